The molecule has 0 spiro atoms. The molecule has 5 heteroatoms. The van der Waals surface area contributed by atoms with Crippen LogP contribution in [0, 0.1) is 6.92 Å². The molecule has 1 fully saturated rings. The molecule has 0 saturated carbocycles. The number of nitrogens with zero attached hydrogens (tertiary/aromatic N) is 2. The Labute approximate surface area is 159 Å². The molecule has 0 aromatic heterocycles. The molecule has 0 radical (unpaired) electrons. The first kappa shape index (κ1) is 17.2. The van der Waals surface area contributed by atoms with Crippen molar-refractivity contribution in [1.82, 2.24) is 4.90 Å². The van der Waals surface area contributed by atoms with Gasteiger partial charge in [-0.05, 0) is 56.3 Å². The van der Waals surface area contributed by atoms with Crippen molar-refractivity contribution in [3.05, 3.63) is 62.6 Å². The zero-order valence-electron chi connectivity index (χ0n) is 14.7. The summed E-state index contributed by atoms with van der Waals surface area (Å²) in [5.74, 6) is 0. The molecule has 2 atom stereocenters. The van der Waals surface area contributed by atoms with Gasteiger partial charge in [-0.3, -0.25) is 4.84 Å². The fourth-order valence-corrected chi connectivity index (χ4v) is 4.27. The van der Waals surface area contributed by atoms with Crippen LogP contribution in [-0.2, 0) is 11.3 Å². The Morgan fingerprint density at radius 1 is 1.12 bits per heavy atom. The summed E-state index contributed by atoms with van der Waals surface area (Å²) in [6, 6.07) is 10.8. The summed E-state index contributed by atoms with van der Waals surface area (Å²) < 4.78 is 0. The Morgan fingerprint density at radius 2 is 1.88 bits per heavy atom. The summed E-state index contributed by atoms with van der Waals surface area (Å²) >= 11 is 12.6. The fourth-order valence-electron chi connectivity index (χ4n) is 3.93. The van der Waals surface area contributed by atoms with Gasteiger partial charge < -0.3 is 4.90 Å². The number of rotatable bonds is 2. The normalized spacial score (nSPS) is 21.8. The number of aryl methyl sites for hydroxylation is 1. The molecule has 0 amide bonds. The number of likely N-dealkylation sites (N-methyl/N-ethyl adjacent to an activating group) is 1. The van der Waals surface area contributed by atoms with E-state index in [-0.39, 0.29) is 12.1 Å². The van der Waals surface area contributed by atoms with Crippen LogP contribution in [0.5, 0.6) is 0 Å². The highest BCUT2D eigenvalue weighted by Crippen LogP contribution is 2.46. The van der Waals surface area contributed by atoms with E-state index in [2.05, 4.69) is 49.2 Å². The van der Waals surface area contributed by atoms with Crippen molar-refractivity contribution in [3.63, 3.8) is 0 Å². The molecule has 2 aromatic carbocycles. The number of fused-ring (bicyclic) bond motifs is 5. The summed E-state index contributed by atoms with van der Waals surface area (Å²) in [6.07, 6.45) is 1.97. The van der Waals surface area contributed by atoms with E-state index in [4.69, 9.17) is 28.0 Å². The monoisotopic (exact) mass is 376 g/mol. The van der Waals surface area contributed by atoms with E-state index in [0.29, 0.717) is 10.0 Å². The average molecular weight is 377 g/mol. The Balaban J connectivity index is 1.84. The van der Waals surface area contributed by atoms with E-state index in [1.54, 1.807) is 0 Å². The van der Waals surface area contributed by atoms with E-state index in [9.17, 15) is 0 Å². The van der Waals surface area contributed by atoms with Crippen molar-refractivity contribution in [2.75, 3.05) is 25.7 Å². The van der Waals surface area contributed by atoms with Crippen LogP contribution in [0.4, 0.5) is 5.69 Å². The van der Waals surface area contributed by atoms with Gasteiger partial charge in [-0.2, -0.15) is 0 Å². The van der Waals surface area contributed by atoms with Crippen LogP contribution in [-0.4, -0.2) is 31.6 Å². The summed E-state index contributed by atoms with van der Waals surface area (Å²) in [4.78, 5) is 8.53. The third-order valence-corrected chi connectivity index (χ3v) is 5.72. The van der Waals surface area contributed by atoms with Gasteiger partial charge in [0.1, 0.15) is 6.10 Å². The van der Waals surface area contributed by atoms with E-state index < -0.39 is 0 Å². The topological polar surface area (TPSA) is 15.7 Å². The molecular formula is C20H22Cl2N2O. The van der Waals surface area contributed by atoms with Crippen LogP contribution in [0.2, 0.25) is 10.0 Å². The molecule has 2 aliphatic rings. The molecular weight excluding hydrogens is 355 g/mol. The molecule has 2 aliphatic heterocycles. The van der Waals surface area contributed by atoms with Crippen molar-refractivity contribution >= 4 is 28.9 Å². The molecule has 3 nitrogen and oxygen atoms in total. The minimum absolute atomic E-state index is 0.161. The SMILES string of the molecule is Cc1ccc2c(c1)[C@H]1C[C@H](CN(C)C)ON1c1cc(Cl)c(Cl)cc1C2. The predicted octanol–water partition coefficient (Wildman–Crippen LogP) is 5.02. The zero-order valence-corrected chi connectivity index (χ0v) is 16.2. The Hall–Kier alpha value is -1.26. The lowest BCUT2D eigenvalue weighted by Gasteiger charge is -2.26. The van der Waals surface area contributed by atoms with Crippen molar-refractivity contribution in [1.29, 1.82) is 0 Å². The number of benzene rings is 2. The van der Waals surface area contributed by atoms with Crippen molar-refractivity contribution < 1.29 is 4.84 Å². The fraction of sp³-hybridized carbons (Fsp3) is 0.400. The molecule has 2 heterocycles. The quantitative estimate of drug-likeness (QED) is 0.731. The highest BCUT2D eigenvalue weighted by molar-refractivity contribution is 6.42. The molecule has 0 unspecified atom stereocenters. The van der Waals surface area contributed by atoms with Gasteiger partial charge in [0, 0.05) is 13.0 Å². The smallest absolute Gasteiger partial charge is 0.101 e. The first-order valence-electron chi connectivity index (χ1n) is 8.60. The van der Waals surface area contributed by atoms with Gasteiger partial charge in [0.2, 0.25) is 0 Å². The highest BCUT2D eigenvalue weighted by atomic mass is 35.5. The van der Waals surface area contributed by atoms with Crippen molar-refractivity contribution in [2.45, 2.75) is 31.9 Å². The average Bonchev–Trinajstić information content (AvgIpc) is 2.90. The van der Waals surface area contributed by atoms with Crippen molar-refractivity contribution in [2.24, 2.45) is 0 Å². The largest absolute Gasteiger partial charge is 0.307 e. The number of hydrogen-bond donors (Lipinski definition) is 0. The molecule has 0 aliphatic carbocycles. The van der Waals surface area contributed by atoms with E-state index in [0.717, 1.165) is 30.6 Å². The first-order chi connectivity index (χ1) is 11.9. The second kappa shape index (κ2) is 6.48. The van der Waals surface area contributed by atoms with Crippen LogP contribution in [0.1, 0.15) is 34.7 Å². The maximum absolute atomic E-state index is 6.36. The predicted molar refractivity (Wildman–Crippen MR) is 104 cm³/mol. The summed E-state index contributed by atoms with van der Waals surface area (Å²) in [6.45, 7) is 3.04. The number of hydroxylamine groups is 1. The van der Waals surface area contributed by atoms with Crippen LogP contribution in [0.25, 0.3) is 0 Å². The molecule has 2 aromatic rings. The Morgan fingerprint density at radius 3 is 2.64 bits per heavy atom. The van der Waals surface area contributed by atoms with Crippen LogP contribution >= 0.6 is 23.2 Å². The maximum atomic E-state index is 6.36. The van der Waals surface area contributed by atoms with E-state index in [1.807, 2.05) is 12.1 Å². The van der Waals surface area contributed by atoms with Gasteiger partial charge in [0.05, 0.1) is 21.8 Å². The molecule has 0 N–H and O–H groups in total. The molecule has 1 saturated heterocycles. The maximum Gasteiger partial charge on any atom is 0.101 e. The Kier molecular flexibility index (Phi) is 4.45. The molecule has 132 valence electrons. The highest BCUT2D eigenvalue weighted by Gasteiger charge is 2.39. The van der Waals surface area contributed by atoms with E-state index in [1.165, 1.54) is 16.7 Å². The summed E-state index contributed by atoms with van der Waals surface area (Å²) in [7, 11) is 4.16. The number of hydrogen-bond acceptors (Lipinski definition) is 3. The third kappa shape index (κ3) is 3.15. The second-order valence-corrected chi connectivity index (χ2v) is 8.16. The lowest BCUT2D eigenvalue weighted by Crippen LogP contribution is -2.27. The van der Waals surface area contributed by atoms with Gasteiger partial charge in [-0.1, -0.05) is 47.0 Å². The van der Waals surface area contributed by atoms with E-state index >= 15 is 0 Å². The van der Waals surface area contributed by atoms with Gasteiger partial charge in [0.25, 0.3) is 0 Å². The summed E-state index contributed by atoms with van der Waals surface area (Å²) in [5.41, 5.74) is 6.16. The van der Waals surface area contributed by atoms with Gasteiger partial charge in [-0.25, -0.2) is 5.06 Å². The second-order valence-electron chi connectivity index (χ2n) is 7.34. The van der Waals surface area contributed by atoms with Gasteiger partial charge in [0.15, 0.2) is 0 Å². The van der Waals surface area contributed by atoms with Crippen molar-refractivity contribution in [3.8, 4) is 0 Å². The minimum Gasteiger partial charge on any atom is -0.307 e. The molecule has 4 rings (SSSR count). The Bertz CT molecular complexity index is 822. The van der Waals surface area contributed by atoms with Crippen LogP contribution < -0.4 is 5.06 Å². The first-order valence-corrected chi connectivity index (χ1v) is 9.36. The van der Waals surface area contributed by atoms with Gasteiger partial charge >= 0.3 is 0 Å². The minimum atomic E-state index is 0.161. The number of halogens is 2. The molecule has 25 heavy (non-hydrogen) atoms. The number of anilines is 1. The van der Waals surface area contributed by atoms with Crippen LogP contribution in [0.15, 0.2) is 30.3 Å². The van der Waals surface area contributed by atoms with Gasteiger partial charge in [-0.15, -0.1) is 0 Å². The van der Waals surface area contributed by atoms with Crippen LogP contribution in [0.3, 0.4) is 0 Å². The zero-order chi connectivity index (χ0) is 17.7. The third-order valence-electron chi connectivity index (χ3n) is 5.00. The lowest BCUT2D eigenvalue weighted by molar-refractivity contribution is 0.0649. The molecule has 0 bridgehead atoms. The summed E-state index contributed by atoms with van der Waals surface area (Å²) in [5, 5.41) is 3.23. The standard InChI is InChI=1S/C20H22Cl2N2O/c1-12-4-5-13-7-14-8-17(21)18(22)10-19(14)24-20(16(13)6-12)9-15(25-24)11-23(2)3/h4-6,8,10,15,20H,7,9,11H2,1-3H3/t15-,20-/m1/s1. The lowest BCUT2D eigenvalue weighted by atomic mass is 9.93.